The lowest BCUT2D eigenvalue weighted by molar-refractivity contribution is -0.115. The van der Waals surface area contributed by atoms with Crippen molar-refractivity contribution >= 4 is 11.6 Å². The van der Waals surface area contributed by atoms with Gasteiger partial charge in [0.05, 0.1) is 0 Å². The Morgan fingerprint density at radius 1 is 1.07 bits per heavy atom. The molecule has 0 aromatic heterocycles. The Morgan fingerprint density at radius 2 is 1.80 bits per heavy atom. The topological polar surface area (TPSA) is 34.1 Å². The number of ketones is 2. The van der Waals surface area contributed by atoms with Crippen LogP contribution in [0.2, 0.25) is 0 Å². The monoisotopic (exact) mass is 198 g/mol. The lowest BCUT2D eigenvalue weighted by atomic mass is 9.91. The van der Waals surface area contributed by atoms with Crippen molar-refractivity contribution in [2.75, 3.05) is 0 Å². The summed E-state index contributed by atoms with van der Waals surface area (Å²) in [5, 5.41) is 0. The summed E-state index contributed by atoms with van der Waals surface area (Å²) in [7, 11) is 0. The molecule has 0 bridgehead atoms. The summed E-state index contributed by atoms with van der Waals surface area (Å²) in [6.45, 7) is 0. The van der Waals surface area contributed by atoms with Gasteiger partial charge in [0.1, 0.15) is 5.92 Å². The molecule has 1 unspecified atom stereocenters. The van der Waals surface area contributed by atoms with Gasteiger partial charge in [-0.15, -0.1) is 0 Å². The van der Waals surface area contributed by atoms with E-state index in [0.717, 1.165) is 0 Å². The highest BCUT2D eigenvalue weighted by Gasteiger charge is 2.23. The molecule has 74 valence electrons. The van der Waals surface area contributed by atoms with Gasteiger partial charge in [0.2, 0.25) is 0 Å². The van der Waals surface area contributed by atoms with E-state index < -0.39 is 5.92 Å². The van der Waals surface area contributed by atoms with Crippen LogP contribution in [0.1, 0.15) is 10.4 Å². The lowest BCUT2D eigenvalue weighted by Gasteiger charge is -2.10. The average Bonchev–Trinajstić information content (AvgIpc) is 2.30. The summed E-state index contributed by atoms with van der Waals surface area (Å²) in [4.78, 5) is 23.4. The molecular formula is C13H10O2. The number of hydrogen-bond donors (Lipinski definition) is 0. The Labute approximate surface area is 87.9 Å². The number of rotatable bonds is 2. The molecule has 0 spiro atoms. The second-order valence-electron chi connectivity index (χ2n) is 3.35. The normalized spacial score (nSPS) is 19.2. The van der Waals surface area contributed by atoms with Gasteiger partial charge in [0.15, 0.2) is 11.6 Å². The van der Waals surface area contributed by atoms with Crippen LogP contribution < -0.4 is 0 Å². The highest BCUT2D eigenvalue weighted by atomic mass is 16.1. The Bertz CT molecular complexity index is 441. The molecule has 0 heterocycles. The molecule has 0 aliphatic heterocycles. The third-order valence-electron chi connectivity index (χ3n) is 2.32. The van der Waals surface area contributed by atoms with Crippen LogP contribution in [0.15, 0.2) is 54.6 Å². The molecule has 2 rings (SSSR count). The maximum Gasteiger partial charge on any atom is 0.177 e. The SMILES string of the molecule is O=C1C=CC=CC1C(=O)c1ccccc1. The highest BCUT2D eigenvalue weighted by molar-refractivity contribution is 6.15. The molecule has 0 saturated heterocycles. The van der Waals surface area contributed by atoms with E-state index in [1.54, 1.807) is 42.5 Å². The molecule has 0 saturated carbocycles. The molecule has 1 aromatic carbocycles. The van der Waals surface area contributed by atoms with Crippen molar-refractivity contribution < 1.29 is 9.59 Å². The van der Waals surface area contributed by atoms with Crippen molar-refractivity contribution in [3.05, 3.63) is 60.2 Å². The first-order valence-electron chi connectivity index (χ1n) is 4.77. The van der Waals surface area contributed by atoms with Crippen LogP contribution in [0.4, 0.5) is 0 Å². The number of carbonyl (C=O) groups excluding carboxylic acids is 2. The maximum absolute atomic E-state index is 11.9. The maximum atomic E-state index is 11.9. The zero-order valence-electron chi connectivity index (χ0n) is 8.09. The Balaban J connectivity index is 2.26. The van der Waals surface area contributed by atoms with Crippen molar-refractivity contribution in [2.24, 2.45) is 5.92 Å². The smallest absolute Gasteiger partial charge is 0.177 e. The van der Waals surface area contributed by atoms with Gasteiger partial charge in [-0.3, -0.25) is 9.59 Å². The van der Waals surface area contributed by atoms with Crippen molar-refractivity contribution in [1.82, 2.24) is 0 Å². The van der Waals surface area contributed by atoms with E-state index in [1.165, 1.54) is 6.08 Å². The summed E-state index contributed by atoms with van der Waals surface area (Å²) in [5.41, 5.74) is 0.579. The number of carbonyl (C=O) groups is 2. The molecular weight excluding hydrogens is 188 g/mol. The second-order valence-corrected chi connectivity index (χ2v) is 3.35. The molecule has 1 aliphatic rings. The number of Topliss-reactive ketones (excluding diaryl/α,β-unsaturated/α-hetero) is 1. The molecule has 1 aliphatic carbocycles. The molecule has 15 heavy (non-hydrogen) atoms. The first kappa shape index (κ1) is 9.59. The number of allylic oxidation sites excluding steroid dienone is 4. The predicted octanol–water partition coefficient (Wildman–Crippen LogP) is 2.18. The molecule has 1 atom stereocenters. The molecule has 0 fully saturated rings. The van der Waals surface area contributed by atoms with Gasteiger partial charge in [-0.2, -0.15) is 0 Å². The minimum Gasteiger partial charge on any atom is -0.294 e. The van der Waals surface area contributed by atoms with Crippen LogP contribution in [0.3, 0.4) is 0 Å². The fraction of sp³-hybridized carbons (Fsp3) is 0.0769. The van der Waals surface area contributed by atoms with Crippen LogP contribution in [-0.4, -0.2) is 11.6 Å². The fourth-order valence-electron chi connectivity index (χ4n) is 1.52. The van der Waals surface area contributed by atoms with Gasteiger partial charge in [-0.05, 0) is 6.08 Å². The van der Waals surface area contributed by atoms with Crippen molar-refractivity contribution in [1.29, 1.82) is 0 Å². The van der Waals surface area contributed by atoms with Gasteiger partial charge in [-0.25, -0.2) is 0 Å². The van der Waals surface area contributed by atoms with Gasteiger partial charge in [0, 0.05) is 5.56 Å². The molecule has 2 heteroatoms. The Hall–Kier alpha value is -1.96. The number of benzene rings is 1. The Morgan fingerprint density at radius 3 is 2.47 bits per heavy atom. The van der Waals surface area contributed by atoms with Crippen LogP contribution in [0, 0.1) is 5.92 Å². The highest BCUT2D eigenvalue weighted by Crippen LogP contribution is 2.14. The number of hydrogen-bond acceptors (Lipinski definition) is 2. The summed E-state index contributed by atoms with van der Waals surface area (Å²) >= 11 is 0. The van der Waals surface area contributed by atoms with E-state index in [2.05, 4.69) is 0 Å². The zero-order valence-corrected chi connectivity index (χ0v) is 8.09. The summed E-state index contributed by atoms with van der Waals surface area (Å²) in [5.74, 6) is -0.926. The van der Waals surface area contributed by atoms with E-state index in [-0.39, 0.29) is 11.6 Å². The largest absolute Gasteiger partial charge is 0.294 e. The van der Waals surface area contributed by atoms with Gasteiger partial charge >= 0.3 is 0 Å². The first-order valence-corrected chi connectivity index (χ1v) is 4.77. The first-order chi connectivity index (χ1) is 7.29. The zero-order chi connectivity index (χ0) is 10.7. The van der Waals surface area contributed by atoms with E-state index in [0.29, 0.717) is 5.56 Å². The fourth-order valence-corrected chi connectivity index (χ4v) is 1.52. The third kappa shape index (κ3) is 1.94. The van der Waals surface area contributed by atoms with Gasteiger partial charge in [0.25, 0.3) is 0 Å². The summed E-state index contributed by atoms with van der Waals surface area (Å²) in [6.07, 6.45) is 6.45. The Kier molecular flexibility index (Phi) is 2.59. The quantitative estimate of drug-likeness (QED) is 0.539. The molecule has 0 N–H and O–H groups in total. The molecule has 1 aromatic rings. The predicted molar refractivity (Wildman–Crippen MR) is 57.5 cm³/mol. The van der Waals surface area contributed by atoms with Crippen molar-refractivity contribution in [3.8, 4) is 0 Å². The molecule has 0 amide bonds. The van der Waals surface area contributed by atoms with Crippen molar-refractivity contribution in [3.63, 3.8) is 0 Å². The van der Waals surface area contributed by atoms with Crippen LogP contribution in [-0.2, 0) is 4.79 Å². The van der Waals surface area contributed by atoms with E-state index >= 15 is 0 Å². The van der Waals surface area contributed by atoms with Crippen LogP contribution >= 0.6 is 0 Å². The minimum absolute atomic E-state index is 0.138. The molecule has 2 nitrogen and oxygen atoms in total. The van der Waals surface area contributed by atoms with E-state index in [1.807, 2.05) is 6.07 Å². The van der Waals surface area contributed by atoms with E-state index in [4.69, 9.17) is 0 Å². The average molecular weight is 198 g/mol. The molecule has 0 radical (unpaired) electrons. The van der Waals surface area contributed by atoms with Crippen LogP contribution in [0.25, 0.3) is 0 Å². The van der Waals surface area contributed by atoms with Gasteiger partial charge in [-0.1, -0.05) is 48.6 Å². The second kappa shape index (κ2) is 4.05. The van der Waals surface area contributed by atoms with E-state index in [9.17, 15) is 9.59 Å². The van der Waals surface area contributed by atoms with Gasteiger partial charge < -0.3 is 0 Å². The lowest BCUT2D eigenvalue weighted by Crippen LogP contribution is -2.22. The standard InChI is InChI=1S/C13H10O2/c14-12-9-5-4-8-11(12)13(15)10-6-2-1-3-7-10/h1-9,11H. The summed E-state index contributed by atoms with van der Waals surface area (Å²) < 4.78 is 0. The van der Waals surface area contributed by atoms with Crippen molar-refractivity contribution in [2.45, 2.75) is 0 Å². The minimum atomic E-state index is -0.641. The third-order valence-corrected chi connectivity index (χ3v) is 2.32. The van der Waals surface area contributed by atoms with Crippen LogP contribution in [0.5, 0.6) is 0 Å². The summed E-state index contributed by atoms with van der Waals surface area (Å²) in [6, 6.07) is 8.87.